The lowest BCUT2D eigenvalue weighted by Gasteiger charge is -2.43. The minimum absolute atomic E-state index is 0.247. The Morgan fingerprint density at radius 1 is 1.31 bits per heavy atom. The first-order valence-electron chi connectivity index (χ1n) is 6.69. The number of aliphatic carboxylic acids is 1. The summed E-state index contributed by atoms with van der Waals surface area (Å²) < 4.78 is 0. The number of hydrogen-bond donors (Lipinski definition) is 1. The molecule has 1 heterocycles. The van der Waals surface area contributed by atoms with Crippen molar-refractivity contribution < 1.29 is 9.90 Å². The van der Waals surface area contributed by atoms with E-state index in [1.54, 1.807) is 0 Å². The first-order chi connectivity index (χ1) is 7.72. The van der Waals surface area contributed by atoms with E-state index in [4.69, 9.17) is 0 Å². The van der Waals surface area contributed by atoms with E-state index < -0.39 is 5.97 Å². The van der Waals surface area contributed by atoms with E-state index >= 15 is 0 Å². The van der Waals surface area contributed by atoms with Crippen LogP contribution in [-0.2, 0) is 4.79 Å². The van der Waals surface area contributed by atoms with Gasteiger partial charge in [0.25, 0.3) is 0 Å². The van der Waals surface area contributed by atoms with Crippen LogP contribution in [0.2, 0.25) is 0 Å². The zero-order valence-corrected chi connectivity index (χ0v) is 10.2. The van der Waals surface area contributed by atoms with Crippen LogP contribution in [0.15, 0.2) is 0 Å². The Labute approximate surface area is 97.8 Å². The molecule has 3 unspecified atom stereocenters. The van der Waals surface area contributed by atoms with Gasteiger partial charge in [-0.2, -0.15) is 0 Å². The van der Waals surface area contributed by atoms with Gasteiger partial charge in [-0.1, -0.05) is 26.2 Å². The third-order valence-electron chi connectivity index (χ3n) is 4.44. The summed E-state index contributed by atoms with van der Waals surface area (Å²) in [5, 5.41) is 9.18. The largest absolute Gasteiger partial charge is 0.480 e. The first-order valence-corrected chi connectivity index (χ1v) is 6.69. The van der Waals surface area contributed by atoms with Gasteiger partial charge in [0.15, 0.2) is 0 Å². The van der Waals surface area contributed by atoms with Gasteiger partial charge in [-0.15, -0.1) is 0 Å². The molecule has 1 aliphatic heterocycles. The minimum Gasteiger partial charge on any atom is -0.480 e. The Bertz CT molecular complexity index is 254. The van der Waals surface area contributed by atoms with Gasteiger partial charge in [-0.05, 0) is 37.6 Å². The lowest BCUT2D eigenvalue weighted by molar-refractivity contribution is -0.144. The molecule has 92 valence electrons. The van der Waals surface area contributed by atoms with Crippen molar-refractivity contribution in [1.29, 1.82) is 0 Å². The molecule has 2 rings (SSSR count). The van der Waals surface area contributed by atoms with E-state index in [0.717, 1.165) is 31.3 Å². The van der Waals surface area contributed by atoms with Crippen LogP contribution < -0.4 is 0 Å². The average molecular weight is 225 g/mol. The van der Waals surface area contributed by atoms with Gasteiger partial charge in [0.1, 0.15) is 6.04 Å². The number of carboxylic acids is 1. The highest BCUT2D eigenvalue weighted by molar-refractivity contribution is 5.73. The van der Waals surface area contributed by atoms with E-state index in [1.807, 2.05) is 6.92 Å². The monoisotopic (exact) mass is 225 g/mol. The molecule has 2 aliphatic rings. The van der Waals surface area contributed by atoms with Crippen molar-refractivity contribution in [2.45, 2.75) is 51.5 Å². The van der Waals surface area contributed by atoms with Gasteiger partial charge in [-0.3, -0.25) is 9.69 Å². The summed E-state index contributed by atoms with van der Waals surface area (Å²) in [6.45, 7) is 3.99. The highest BCUT2D eigenvalue weighted by Gasteiger charge is 2.35. The van der Waals surface area contributed by atoms with Gasteiger partial charge in [0, 0.05) is 6.54 Å². The Kier molecular flexibility index (Phi) is 3.85. The quantitative estimate of drug-likeness (QED) is 0.801. The maximum Gasteiger partial charge on any atom is 0.320 e. The van der Waals surface area contributed by atoms with E-state index in [2.05, 4.69) is 4.90 Å². The van der Waals surface area contributed by atoms with Crippen molar-refractivity contribution >= 4 is 5.97 Å². The predicted octanol–water partition coefficient (Wildman–Crippen LogP) is 2.36. The van der Waals surface area contributed by atoms with Crippen molar-refractivity contribution in [2.75, 3.05) is 13.1 Å². The van der Waals surface area contributed by atoms with Crippen LogP contribution in [0.4, 0.5) is 0 Å². The Morgan fingerprint density at radius 2 is 2.00 bits per heavy atom. The molecule has 2 fully saturated rings. The molecule has 3 nitrogen and oxygen atoms in total. The van der Waals surface area contributed by atoms with Crippen LogP contribution in [0.25, 0.3) is 0 Å². The molecule has 3 heteroatoms. The van der Waals surface area contributed by atoms with Crippen LogP contribution in [0.5, 0.6) is 0 Å². The first kappa shape index (κ1) is 11.9. The standard InChI is InChI=1S/C13H23NO2/c1-2-12(13(15)16)14-8-7-10-5-3-4-6-11(10)9-14/h10-12H,2-9H2,1H3,(H,15,16). The number of fused-ring (bicyclic) bond motifs is 1. The lowest BCUT2D eigenvalue weighted by Crippen LogP contribution is -2.49. The number of carbonyl (C=O) groups is 1. The van der Waals surface area contributed by atoms with Gasteiger partial charge in [0.05, 0.1) is 0 Å². The van der Waals surface area contributed by atoms with Gasteiger partial charge >= 0.3 is 5.97 Å². The average Bonchev–Trinajstić information content (AvgIpc) is 2.29. The molecule has 1 N–H and O–H groups in total. The summed E-state index contributed by atoms with van der Waals surface area (Å²) in [6, 6.07) is -0.247. The van der Waals surface area contributed by atoms with E-state index in [9.17, 15) is 9.90 Å². The Hall–Kier alpha value is -0.570. The molecule has 3 atom stereocenters. The molecule has 1 saturated heterocycles. The predicted molar refractivity (Wildman–Crippen MR) is 63.4 cm³/mol. The maximum atomic E-state index is 11.1. The third-order valence-corrected chi connectivity index (χ3v) is 4.44. The lowest BCUT2D eigenvalue weighted by atomic mass is 9.75. The molecule has 0 radical (unpaired) electrons. The van der Waals surface area contributed by atoms with E-state index in [-0.39, 0.29) is 6.04 Å². The van der Waals surface area contributed by atoms with Crippen molar-refractivity contribution in [1.82, 2.24) is 4.90 Å². The summed E-state index contributed by atoms with van der Waals surface area (Å²) >= 11 is 0. The Balaban J connectivity index is 1.95. The number of hydrogen-bond acceptors (Lipinski definition) is 2. The molecule has 0 amide bonds. The number of nitrogens with zero attached hydrogens (tertiary/aromatic N) is 1. The zero-order valence-electron chi connectivity index (χ0n) is 10.2. The van der Waals surface area contributed by atoms with Gasteiger partial charge < -0.3 is 5.11 Å². The molecule has 0 aromatic rings. The second-order valence-corrected chi connectivity index (χ2v) is 5.35. The normalized spacial score (nSPS) is 33.1. The third kappa shape index (κ3) is 2.40. The summed E-state index contributed by atoms with van der Waals surface area (Å²) in [5.74, 6) is 1.02. The van der Waals surface area contributed by atoms with Gasteiger partial charge in [-0.25, -0.2) is 0 Å². The summed E-state index contributed by atoms with van der Waals surface area (Å²) in [6.07, 6.45) is 7.37. The molecular formula is C13H23NO2. The van der Waals surface area contributed by atoms with Crippen molar-refractivity contribution in [2.24, 2.45) is 11.8 Å². The molecule has 0 bridgehead atoms. The number of piperidine rings is 1. The maximum absolute atomic E-state index is 11.1. The van der Waals surface area contributed by atoms with Crippen molar-refractivity contribution in [3.63, 3.8) is 0 Å². The van der Waals surface area contributed by atoms with Crippen LogP contribution in [-0.4, -0.2) is 35.1 Å². The minimum atomic E-state index is -0.642. The fourth-order valence-electron chi connectivity index (χ4n) is 3.50. The highest BCUT2D eigenvalue weighted by atomic mass is 16.4. The molecular weight excluding hydrogens is 202 g/mol. The Morgan fingerprint density at radius 3 is 2.62 bits per heavy atom. The highest BCUT2D eigenvalue weighted by Crippen LogP contribution is 2.36. The second kappa shape index (κ2) is 5.17. The molecule has 0 aromatic carbocycles. The topological polar surface area (TPSA) is 40.5 Å². The summed E-state index contributed by atoms with van der Waals surface area (Å²) in [5.41, 5.74) is 0. The van der Waals surface area contributed by atoms with E-state index in [0.29, 0.717) is 0 Å². The fraction of sp³-hybridized carbons (Fsp3) is 0.923. The molecule has 1 saturated carbocycles. The molecule has 1 aliphatic carbocycles. The van der Waals surface area contributed by atoms with Crippen LogP contribution >= 0.6 is 0 Å². The number of rotatable bonds is 3. The summed E-state index contributed by atoms with van der Waals surface area (Å²) in [7, 11) is 0. The second-order valence-electron chi connectivity index (χ2n) is 5.35. The number of likely N-dealkylation sites (tertiary alicyclic amines) is 1. The number of carboxylic acid groups (broad SMARTS) is 1. The fourth-order valence-corrected chi connectivity index (χ4v) is 3.50. The molecule has 0 spiro atoms. The molecule has 16 heavy (non-hydrogen) atoms. The SMILES string of the molecule is CCC(C(=O)O)N1CCC2CCCCC2C1. The van der Waals surface area contributed by atoms with Crippen LogP contribution in [0.1, 0.15) is 45.4 Å². The zero-order chi connectivity index (χ0) is 11.5. The van der Waals surface area contributed by atoms with Crippen molar-refractivity contribution in [3.8, 4) is 0 Å². The summed E-state index contributed by atoms with van der Waals surface area (Å²) in [4.78, 5) is 13.4. The van der Waals surface area contributed by atoms with Crippen LogP contribution in [0.3, 0.4) is 0 Å². The van der Waals surface area contributed by atoms with Gasteiger partial charge in [0.2, 0.25) is 0 Å². The van der Waals surface area contributed by atoms with Crippen molar-refractivity contribution in [3.05, 3.63) is 0 Å². The van der Waals surface area contributed by atoms with Crippen LogP contribution in [0, 0.1) is 11.8 Å². The smallest absolute Gasteiger partial charge is 0.320 e. The van der Waals surface area contributed by atoms with E-state index in [1.165, 1.54) is 32.1 Å². The molecule has 0 aromatic heterocycles.